The highest BCUT2D eigenvalue weighted by molar-refractivity contribution is 5.80. The summed E-state index contributed by atoms with van der Waals surface area (Å²) in [6.45, 7) is 2.25. The van der Waals surface area contributed by atoms with E-state index in [1.807, 2.05) is 49.4 Å². The van der Waals surface area contributed by atoms with E-state index in [1.54, 1.807) is 12.1 Å². The summed E-state index contributed by atoms with van der Waals surface area (Å²) < 4.78 is 5.35. The van der Waals surface area contributed by atoms with Crippen molar-refractivity contribution in [1.82, 2.24) is 0 Å². The normalized spacial score (nSPS) is 11.9. The fourth-order valence-electron chi connectivity index (χ4n) is 1.96. The first-order valence-electron chi connectivity index (χ1n) is 6.27. The van der Waals surface area contributed by atoms with Crippen molar-refractivity contribution in [1.29, 1.82) is 0 Å². The Morgan fingerprint density at radius 3 is 2.42 bits per heavy atom. The van der Waals surface area contributed by atoms with E-state index in [1.165, 1.54) is 0 Å². The van der Waals surface area contributed by atoms with Crippen LogP contribution in [0.5, 0.6) is 5.75 Å². The van der Waals surface area contributed by atoms with E-state index in [0.717, 1.165) is 11.1 Å². The summed E-state index contributed by atoms with van der Waals surface area (Å²) >= 11 is 0. The number of hydrogen-bond acceptors (Lipinski definition) is 3. The fourth-order valence-corrected chi connectivity index (χ4v) is 1.96. The van der Waals surface area contributed by atoms with Crippen LogP contribution in [0, 0.1) is 0 Å². The second kappa shape index (κ2) is 6.16. The third-order valence-electron chi connectivity index (χ3n) is 3.06. The Balaban J connectivity index is 2.15. The molecule has 2 rings (SSSR count). The third-order valence-corrected chi connectivity index (χ3v) is 3.06. The van der Waals surface area contributed by atoms with Crippen LogP contribution in [0.4, 0.5) is 0 Å². The van der Waals surface area contributed by atoms with Gasteiger partial charge in [-0.05, 0) is 30.2 Å². The molecule has 98 valence electrons. The maximum absolute atomic E-state index is 12.1. The van der Waals surface area contributed by atoms with Gasteiger partial charge in [-0.2, -0.15) is 0 Å². The number of carbonyl (C=O) groups is 1. The molecule has 2 aromatic carbocycles. The molecule has 0 fully saturated rings. The highest BCUT2D eigenvalue weighted by atomic mass is 16.5. The molecular formula is C16H17NO2. The Morgan fingerprint density at radius 2 is 1.74 bits per heavy atom. The summed E-state index contributed by atoms with van der Waals surface area (Å²) in [4.78, 5) is 12.1. The molecule has 3 heteroatoms. The molecule has 0 aliphatic rings. The van der Waals surface area contributed by atoms with Gasteiger partial charge in [0.2, 0.25) is 0 Å². The molecule has 0 aliphatic heterocycles. The van der Waals surface area contributed by atoms with E-state index >= 15 is 0 Å². The monoisotopic (exact) mass is 255 g/mol. The average Bonchev–Trinajstić information content (AvgIpc) is 2.47. The molecule has 2 N–H and O–H groups in total. The molecule has 0 heterocycles. The van der Waals surface area contributed by atoms with Gasteiger partial charge in [0.15, 0.2) is 0 Å². The number of rotatable bonds is 4. The van der Waals surface area contributed by atoms with Crippen molar-refractivity contribution in [3.8, 4) is 5.75 Å². The molecular weight excluding hydrogens is 238 g/mol. The zero-order chi connectivity index (χ0) is 13.7. The van der Waals surface area contributed by atoms with Gasteiger partial charge >= 0.3 is 5.97 Å². The maximum Gasteiger partial charge on any atom is 0.318 e. The van der Waals surface area contributed by atoms with Crippen molar-refractivity contribution in [2.24, 2.45) is 5.73 Å². The van der Waals surface area contributed by atoms with Crippen LogP contribution in [0.3, 0.4) is 0 Å². The SMILES string of the molecule is CC(C(=O)Oc1ccccc1)c1ccccc1CN. The van der Waals surface area contributed by atoms with Crippen LogP contribution in [0.15, 0.2) is 54.6 Å². The zero-order valence-electron chi connectivity index (χ0n) is 10.9. The second-order valence-electron chi connectivity index (χ2n) is 4.36. The zero-order valence-corrected chi connectivity index (χ0v) is 10.9. The lowest BCUT2D eigenvalue weighted by Gasteiger charge is -2.14. The lowest BCUT2D eigenvalue weighted by Crippen LogP contribution is -2.18. The van der Waals surface area contributed by atoms with E-state index in [0.29, 0.717) is 12.3 Å². The quantitative estimate of drug-likeness (QED) is 0.675. The standard InChI is InChI=1S/C16H17NO2/c1-12(15-10-6-5-7-13(15)11-17)16(18)19-14-8-3-2-4-9-14/h2-10,12H,11,17H2,1H3. The van der Waals surface area contributed by atoms with Crippen LogP contribution in [-0.4, -0.2) is 5.97 Å². The Morgan fingerprint density at radius 1 is 1.11 bits per heavy atom. The first kappa shape index (κ1) is 13.3. The van der Waals surface area contributed by atoms with E-state index < -0.39 is 0 Å². The number of ether oxygens (including phenoxy) is 1. The highest BCUT2D eigenvalue weighted by Crippen LogP contribution is 2.22. The second-order valence-corrected chi connectivity index (χ2v) is 4.36. The number of benzene rings is 2. The molecule has 0 aromatic heterocycles. The molecule has 0 saturated heterocycles. The minimum absolute atomic E-state index is 0.271. The van der Waals surface area contributed by atoms with Crippen LogP contribution in [-0.2, 0) is 11.3 Å². The lowest BCUT2D eigenvalue weighted by atomic mass is 9.96. The average molecular weight is 255 g/mol. The minimum atomic E-state index is -0.333. The van der Waals surface area contributed by atoms with Gasteiger partial charge in [0.25, 0.3) is 0 Å². The van der Waals surface area contributed by atoms with Crippen molar-refractivity contribution in [2.45, 2.75) is 19.4 Å². The maximum atomic E-state index is 12.1. The predicted molar refractivity (Wildman–Crippen MR) is 74.8 cm³/mol. The molecule has 0 spiro atoms. The van der Waals surface area contributed by atoms with Gasteiger partial charge in [-0.15, -0.1) is 0 Å². The summed E-state index contributed by atoms with van der Waals surface area (Å²) in [6.07, 6.45) is 0. The molecule has 0 bridgehead atoms. The van der Waals surface area contributed by atoms with Crippen LogP contribution >= 0.6 is 0 Å². The summed E-state index contributed by atoms with van der Waals surface area (Å²) in [7, 11) is 0. The van der Waals surface area contributed by atoms with Gasteiger partial charge in [0.05, 0.1) is 5.92 Å². The van der Waals surface area contributed by atoms with Gasteiger partial charge in [0, 0.05) is 6.54 Å². The van der Waals surface area contributed by atoms with Crippen molar-refractivity contribution < 1.29 is 9.53 Å². The van der Waals surface area contributed by atoms with Crippen LogP contribution in [0.1, 0.15) is 24.0 Å². The van der Waals surface area contributed by atoms with Gasteiger partial charge < -0.3 is 10.5 Å². The summed E-state index contributed by atoms with van der Waals surface area (Å²) in [5, 5.41) is 0. The molecule has 0 amide bonds. The number of para-hydroxylation sites is 1. The largest absolute Gasteiger partial charge is 0.426 e. The van der Waals surface area contributed by atoms with Gasteiger partial charge in [-0.3, -0.25) is 4.79 Å². The van der Waals surface area contributed by atoms with Gasteiger partial charge in [-0.1, -0.05) is 42.5 Å². The molecule has 1 atom stereocenters. The van der Waals surface area contributed by atoms with Crippen molar-refractivity contribution in [3.05, 3.63) is 65.7 Å². The fraction of sp³-hybridized carbons (Fsp3) is 0.188. The summed E-state index contributed by atoms with van der Waals surface area (Å²) in [5.41, 5.74) is 7.58. The van der Waals surface area contributed by atoms with Gasteiger partial charge in [-0.25, -0.2) is 0 Å². The van der Waals surface area contributed by atoms with Crippen molar-refractivity contribution in [2.75, 3.05) is 0 Å². The number of carbonyl (C=O) groups excluding carboxylic acids is 1. The van der Waals surface area contributed by atoms with Crippen LogP contribution in [0.2, 0.25) is 0 Å². The molecule has 1 unspecified atom stereocenters. The number of esters is 1. The van der Waals surface area contributed by atoms with Crippen LogP contribution < -0.4 is 10.5 Å². The highest BCUT2D eigenvalue weighted by Gasteiger charge is 2.19. The number of nitrogens with two attached hydrogens (primary N) is 1. The summed E-state index contributed by atoms with van der Waals surface area (Å²) in [6, 6.07) is 16.7. The molecule has 3 nitrogen and oxygen atoms in total. The number of hydrogen-bond donors (Lipinski definition) is 1. The summed E-state index contributed by atoms with van der Waals surface area (Å²) in [5.74, 6) is -0.0448. The van der Waals surface area contributed by atoms with E-state index in [2.05, 4.69) is 0 Å². The van der Waals surface area contributed by atoms with Gasteiger partial charge in [0.1, 0.15) is 5.75 Å². The third kappa shape index (κ3) is 3.20. The Bertz CT molecular complexity index is 552. The first-order valence-corrected chi connectivity index (χ1v) is 6.27. The minimum Gasteiger partial charge on any atom is -0.426 e. The Hall–Kier alpha value is -2.13. The smallest absolute Gasteiger partial charge is 0.318 e. The Labute approximate surface area is 113 Å². The lowest BCUT2D eigenvalue weighted by molar-refractivity contribution is -0.135. The van der Waals surface area contributed by atoms with E-state index in [9.17, 15) is 4.79 Å². The molecule has 0 radical (unpaired) electrons. The topological polar surface area (TPSA) is 52.3 Å². The molecule has 0 aliphatic carbocycles. The molecule has 2 aromatic rings. The molecule has 0 saturated carbocycles. The Kier molecular flexibility index (Phi) is 4.31. The van der Waals surface area contributed by atoms with Crippen LogP contribution in [0.25, 0.3) is 0 Å². The predicted octanol–water partition coefficient (Wildman–Crippen LogP) is 2.85. The van der Waals surface area contributed by atoms with E-state index in [4.69, 9.17) is 10.5 Å². The van der Waals surface area contributed by atoms with Crippen molar-refractivity contribution in [3.63, 3.8) is 0 Å². The first-order chi connectivity index (χ1) is 9.22. The molecule has 19 heavy (non-hydrogen) atoms. The van der Waals surface area contributed by atoms with Crippen molar-refractivity contribution >= 4 is 5.97 Å². The van der Waals surface area contributed by atoms with E-state index in [-0.39, 0.29) is 11.9 Å².